The Balaban J connectivity index is 1.91. The van der Waals surface area contributed by atoms with Crippen molar-refractivity contribution in [2.24, 2.45) is 0 Å². The van der Waals surface area contributed by atoms with E-state index in [0.29, 0.717) is 5.69 Å². The summed E-state index contributed by atoms with van der Waals surface area (Å²) < 4.78 is 1.04. The number of anilines is 1. The third-order valence-corrected chi connectivity index (χ3v) is 4.57. The number of halogens is 1. The number of nitro benzene ring substituents is 1. The number of rotatable bonds is 5. The molecule has 8 nitrogen and oxygen atoms in total. The number of carbonyl (C=O) groups excluding carboxylic acids is 1. The number of carbonyl (C=O) groups is 1. The fourth-order valence-corrected chi connectivity index (χ4v) is 2.87. The Hall–Kier alpha value is -3.52. The van der Waals surface area contributed by atoms with Gasteiger partial charge in [0.2, 0.25) is 5.91 Å². The Morgan fingerprint density at radius 2 is 1.86 bits per heavy atom. The highest BCUT2D eigenvalue weighted by Gasteiger charge is 2.22. The zero-order valence-corrected chi connectivity index (χ0v) is 16.4. The quantitative estimate of drug-likeness (QED) is 0.503. The predicted molar refractivity (Wildman–Crippen MR) is 110 cm³/mol. The minimum Gasteiger partial charge on any atom is -0.318 e. The minimum absolute atomic E-state index is 0.0536. The van der Waals surface area contributed by atoms with E-state index in [9.17, 15) is 19.7 Å². The first-order valence-corrected chi connectivity index (χ1v) is 9.06. The number of hydrogen-bond donors (Lipinski definition) is 1. The van der Waals surface area contributed by atoms with Crippen LogP contribution in [0.5, 0.6) is 0 Å². The van der Waals surface area contributed by atoms with Gasteiger partial charge in [-0.1, -0.05) is 41.4 Å². The first-order chi connectivity index (χ1) is 13.8. The van der Waals surface area contributed by atoms with Crippen LogP contribution < -0.4 is 10.9 Å². The maximum atomic E-state index is 12.7. The molecule has 0 radical (unpaired) electrons. The van der Waals surface area contributed by atoms with Crippen molar-refractivity contribution in [2.45, 2.75) is 19.9 Å². The summed E-state index contributed by atoms with van der Waals surface area (Å²) in [5, 5.41) is 18.2. The summed E-state index contributed by atoms with van der Waals surface area (Å²) in [6.45, 7) is 3.44. The molecule has 9 heteroatoms. The number of nitrogens with one attached hydrogen (secondary N) is 1. The Morgan fingerprint density at radius 1 is 1.17 bits per heavy atom. The van der Waals surface area contributed by atoms with Crippen LogP contribution in [-0.4, -0.2) is 20.6 Å². The summed E-state index contributed by atoms with van der Waals surface area (Å²) in [7, 11) is 0. The number of aryl methyl sites for hydroxylation is 1. The van der Waals surface area contributed by atoms with Gasteiger partial charge in [0.25, 0.3) is 11.2 Å². The van der Waals surface area contributed by atoms with Crippen molar-refractivity contribution in [3.8, 4) is 11.3 Å². The van der Waals surface area contributed by atoms with Crippen LogP contribution in [0.4, 0.5) is 11.4 Å². The van der Waals surface area contributed by atoms with Crippen molar-refractivity contribution in [2.75, 3.05) is 5.32 Å². The molecule has 1 aromatic heterocycles. The van der Waals surface area contributed by atoms with E-state index in [1.807, 2.05) is 31.2 Å². The molecule has 1 N–H and O–H groups in total. The van der Waals surface area contributed by atoms with E-state index in [1.54, 1.807) is 6.07 Å². The molecule has 0 spiro atoms. The number of amides is 1. The van der Waals surface area contributed by atoms with Crippen LogP contribution in [-0.2, 0) is 4.79 Å². The van der Waals surface area contributed by atoms with Gasteiger partial charge in [-0.25, -0.2) is 4.68 Å². The second kappa shape index (κ2) is 8.24. The molecular formula is C20H17ClN4O4. The zero-order valence-electron chi connectivity index (χ0n) is 15.6. The molecule has 1 atom stereocenters. The number of nitro groups is 1. The van der Waals surface area contributed by atoms with Crippen LogP contribution in [0.25, 0.3) is 11.3 Å². The second-order valence-corrected chi connectivity index (χ2v) is 6.89. The van der Waals surface area contributed by atoms with Crippen LogP contribution in [0, 0.1) is 17.0 Å². The molecule has 29 heavy (non-hydrogen) atoms. The standard InChI is InChI=1S/C20H17ClN4O4/c1-12-3-5-14(6-4-12)16-8-10-19(26)24(23-16)13(2)20(27)22-17-11-15(21)7-9-18(17)25(28)29/h3-11,13H,1-2H3,(H,22,27). The maximum Gasteiger partial charge on any atom is 0.292 e. The van der Waals surface area contributed by atoms with E-state index in [4.69, 9.17) is 11.6 Å². The molecule has 1 amide bonds. The van der Waals surface area contributed by atoms with Crippen molar-refractivity contribution in [1.29, 1.82) is 0 Å². The van der Waals surface area contributed by atoms with Crippen molar-refractivity contribution in [3.63, 3.8) is 0 Å². The normalized spacial score (nSPS) is 11.7. The third kappa shape index (κ3) is 4.49. The summed E-state index contributed by atoms with van der Waals surface area (Å²) in [5.74, 6) is -0.633. The molecule has 0 aliphatic carbocycles. The molecule has 0 bridgehead atoms. The SMILES string of the molecule is Cc1ccc(-c2ccc(=O)n(C(C)C(=O)Nc3cc(Cl)ccc3[N+](=O)[O-])n2)cc1. The molecule has 2 aromatic carbocycles. The van der Waals surface area contributed by atoms with E-state index in [0.717, 1.165) is 15.8 Å². The summed E-state index contributed by atoms with van der Waals surface area (Å²) in [5.41, 5.74) is 1.58. The first kappa shape index (κ1) is 20.2. The summed E-state index contributed by atoms with van der Waals surface area (Å²) in [6.07, 6.45) is 0. The molecule has 3 rings (SSSR count). The number of nitrogens with zero attached hydrogens (tertiary/aromatic N) is 3. The van der Waals surface area contributed by atoms with E-state index in [1.165, 1.54) is 31.2 Å². The van der Waals surface area contributed by atoms with Gasteiger partial charge in [-0.05, 0) is 32.0 Å². The Labute approximate surface area is 170 Å². The highest BCUT2D eigenvalue weighted by molar-refractivity contribution is 6.31. The van der Waals surface area contributed by atoms with Gasteiger partial charge in [-0.2, -0.15) is 5.10 Å². The lowest BCUT2D eigenvalue weighted by molar-refractivity contribution is -0.383. The molecule has 0 saturated heterocycles. The van der Waals surface area contributed by atoms with E-state index in [-0.39, 0.29) is 16.4 Å². The van der Waals surface area contributed by atoms with Crippen molar-refractivity contribution in [1.82, 2.24) is 9.78 Å². The summed E-state index contributed by atoms with van der Waals surface area (Å²) >= 11 is 5.89. The monoisotopic (exact) mass is 412 g/mol. The Bertz CT molecular complexity index is 1140. The van der Waals surface area contributed by atoms with E-state index in [2.05, 4.69) is 10.4 Å². The fraction of sp³-hybridized carbons (Fsp3) is 0.150. The molecule has 1 unspecified atom stereocenters. The molecule has 0 saturated carbocycles. The Morgan fingerprint density at radius 3 is 2.52 bits per heavy atom. The average Bonchev–Trinajstić information content (AvgIpc) is 2.68. The third-order valence-electron chi connectivity index (χ3n) is 4.33. The molecule has 1 heterocycles. The maximum absolute atomic E-state index is 12.7. The topological polar surface area (TPSA) is 107 Å². The van der Waals surface area contributed by atoms with Crippen LogP contribution in [0.15, 0.2) is 59.4 Å². The van der Waals surface area contributed by atoms with Crippen molar-refractivity contribution >= 4 is 28.9 Å². The molecular weight excluding hydrogens is 396 g/mol. The molecule has 148 valence electrons. The smallest absolute Gasteiger partial charge is 0.292 e. The van der Waals surface area contributed by atoms with Gasteiger partial charge in [0.05, 0.1) is 10.6 Å². The lowest BCUT2D eigenvalue weighted by atomic mass is 10.1. The molecule has 3 aromatic rings. The highest BCUT2D eigenvalue weighted by atomic mass is 35.5. The van der Waals surface area contributed by atoms with E-state index >= 15 is 0 Å². The van der Waals surface area contributed by atoms with Gasteiger partial charge in [0.1, 0.15) is 11.7 Å². The number of benzene rings is 2. The first-order valence-electron chi connectivity index (χ1n) is 8.68. The van der Waals surface area contributed by atoms with Crippen LogP contribution >= 0.6 is 11.6 Å². The van der Waals surface area contributed by atoms with Gasteiger partial charge in [0.15, 0.2) is 0 Å². The van der Waals surface area contributed by atoms with Gasteiger partial charge >= 0.3 is 0 Å². The lowest BCUT2D eigenvalue weighted by Crippen LogP contribution is -2.33. The molecule has 0 aliphatic rings. The van der Waals surface area contributed by atoms with Gasteiger partial charge in [-0.3, -0.25) is 19.7 Å². The highest BCUT2D eigenvalue weighted by Crippen LogP contribution is 2.28. The van der Waals surface area contributed by atoms with Crippen molar-refractivity contribution < 1.29 is 9.72 Å². The van der Waals surface area contributed by atoms with Gasteiger partial charge < -0.3 is 5.32 Å². The van der Waals surface area contributed by atoms with E-state index < -0.39 is 22.4 Å². The number of hydrogen-bond acceptors (Lipinski definition) is 5. The summed E-state index contributed by atoms with van der Waals surface area (Å²) in [6, 6.07) is 13.3. The van der Waals surface area contributed by atoms with Crippen LogP contribution in [0.2, 0.25) is 5.02 Å². The second-order valence-electron chi connectivity index (χ2n) is 6.45. The fourth-order valence-electron chi connectivity index (χ4n) is 2.70. The molecule has 0 aliphatic heterocycles. The largest absolute Gasteiger partial charge is 0.318 e. The van der Waals surface area contributed by atoms with Crippen LogP contribution in [0.3, 0.4) is 0 Å². The van der Waals surface area contributed by atoms with Crippen LogP contribution in [0.1, 0.15) is 18.5 Å². The minimum atomic E-state index is -1.01. The summed E-state index contributed by atoms with van der Waals surface area (Å²) in [4.78, 5) is 35.5. The number of aromatic nitrogens is 2. The molecule has 0 fully saturated rings. The zero-order chi connectivity index (χ0) is 21.1. The predicted octanol–water partition coefficient (Wildman–Crippen LogP) is 3.98. The Kier molecular flexibility index (Phi) is 5.74. The van der Waals surface area contributed by atoms with Gasteiger partial charge in [-0.15, -0.1) is 0 Å². The van der Waals surface area contributed by atoms with Gasteiger partial charge in [0, 0.05) is 22.7 Å². The average molecular weight is 413 g/mol. The lowest BCUT2D eigenvalue weighted by Gasteiger charge is -2.15. The van der Waals surface area contributed by atoms with Crippen molar-refractivity contribution in [3.05, 3.63) is 85.7 Å².